The summed E-state index contributed by atoms with van der Waals surface area (Å²) in [4.78, 5) is 11.6. The number of aliphatic hydroxyl groups excluding tert-OH is 1. The van der Waals surface area contributed by atoms with E-state index in [1.165, 1.54) is 13.2 Å². The molecule has 0 radical (unpaired) electrons. The van der Waals surface area contributed by atoms with Crippen molar-refractivity contribution < 1.29 is 23.1 Å². The highest BCUT2D eigenvalue weighted by Crippen LogP contribution is 2.35. The zero-order chi connectivity index (χ0) is 13.5. The third-order valence-electron chi connectivity index (χ3n) is 3.09. The van der Waals surface area contributed by atoms with Crippen LogP contribution in [0.5, 0.6) is 0 Å². The normalized spacial score (nSPS) is 20.5. The van der Waals surface area contributed by atoms with Crippen LogP contribution in [0.25, 0.3) is 0 Å². The number of rotatable bonds is 2. The van der Waals surface area contributed by atoms with Crippen molar-refractivity contribution in [2.45, 2.75) is 24.3 Å². The standard InChI is InChI=1S/C12H14O5S/c1-3-7-4-9-10(13)6-18(15,16)11(9)5-8(7)12(14)17-2/h4-5,10,13H,3,6H2,1-2H3. The van der Waals surface area contributed by atoms with E-state index in [-0.39, 0.29) is 16.2 Å². The molecule has 0 fully saturated rings. The Labute approximate surface area is 105 Å². The number of sulfone groups is 1. The van der Waals surface area contributed by atoms with Gasteiger partial charge in [0, 0.05) is 5.56 Å². The molecular formula is C12H14O5S. The molecule has 0 bridgehead atoms. The van der Waals surface area contributed by atoms with Crippen LogP contribution in [0.15, 0.2) is 17.0 Å². The number of methoxy groups -OCH3 is 1. The summed E-state index contributed by atoms with van der Waals surface area (Å²) < 4.78 is 28.3. The van der Waals surface area contributed by atoms with E-state index in [0.717, 1.165) is 0 Å². The monoisotopic (exact) mass is 270 g/mol. The van der Waals surface area contributed by atoms with Gasteiger partial charge < -0.3 is 9.84 Å². The minimum atomic E-state index is -3.50. The molecule has 6 heteroatoms. The summed E-state index contributed by atoms with van der Waals surface area (Å²) in [6, 6.07) is 2.89. The van der Waals surface area contributed by atoms with Crippen molar-refractivity contribution in [3.8, 4) is 0 Å². The van der Waals surface area contributed by atoms with Gasteiger partial charge in [-0.2, -0.15) is 0 Å². The molecule has 2 rings (SSSR count). The van der Waals surface area contributed by atoms with Gasteiger partial charge in [-0.1, -0.05) is 13.0 Å². The summed E-state index contributed by atoms with van der Waals surface area (Å²) >= 11 is 0. The molecule has 0 aliphatic carbocycles. The van der Waals surface area contributed by atoms with Gasteiger partial charge in [0.25, 0.3) is 0 Å². The van der Waals surface area contributed by atoms with Crippen LogP contribution >= 0.6 is 0 Å². The zero-order valence-corrected chi connectivity index (χ0v) is 11.0. The third kappa shape index (κ3) is 1.91. The van der Waals surface area contributed by atoms with E-state index < -0.39 is 21.9 Å². The number of aliphatic hydroxyl groups is 1. The van der Waals surface area contributed by atoms with Gasteiger partial charge in [0.15, 0.2) is 9.84 Å². The van der Waals surface area contributed by atoms with Crippen LogP contribution in [0, 0.1) is 0 Å². The van der Waals surface area contributed by atoms with Crippen LogP contribution in [-0.4, -0.2) is 32.4 Å². The number of esters is 1. The number of ether oxygens (including phenoxy) is 1. The number of carbonyl (C=O) groups excluding carboxylic acids is 1. The summed E-state index contributed by atoms with van der Waals surface area (Å²) in [7, 11) is -2.25. The molecule has 1 aliphatic rings. The van der Waals surface area contributed by atoms with Crippen molar-refractivity contribution in [3.63, 3.8) is 0 Å². The van der Waals surface area contributed by atoms with Crippen molar-refractivity contribution in [2.24, 2.45) is 0 Å². The summed E-state index contributed by atoms with van der Waals surface area (Å²) in [5, 5.41) is 9.73. The highest BCUT2D eigenvalue weighted by Gasteiger charge is 2.35. The lowest BCUT2D eigenvalue weighted by atomic mass is 10.00. The first-order valence-corrected chi connectivity index (χ1v) is 7.22. The van der Waals surface area contributed by atoms with E-state index >= 15 is 0 Å². The molecule has 0 spiro atoms. The molecule has 1 aliphatic heterocycles. The van der Waals surface area contributed by atoms with Crippen LogP contribution in [0.3, 0.4) is 0 Å². The van der Waals surface area contributed by atoms with Crippen molar-refractivity contribution in [3.05, 3.63) is 28.8 Å². The van der Waals surface area contributed by atoms with E-state index in [2.05, 4.69) is 4.74 Å². The van der Waals surface area contributed by atoms with Crippen molar-refractivity contribution in [2.75, 3.05) is 12.9 Å². The largest absolute Gasteiger partial charge is 0.465 e. The Bertz CT molecular complexity index is 603. The molecule has 0 aromatic heterocycles. The summed E-state index contributed by atoms with van der Waals surface area (Å²) in [6.07, 6.45) is -0.452. The van der Waals surface area contributed by atoms with Gasteiger partial charge in [0.05, 0.1) is 29.4 Å². The van der Waals surface area contributed by atoms with Gasteiger partial charge in [0.1, 0.15) is 0 Å². The van der Waals surface area contributed by atoms with Crippen LogP contribution in [0.1, 0.15) is 34.5 Å². The second-order valence-electron chi connectivity index (χ2n) is 4.19. The molecule has 1 aromatic carbocycles. The van der Waals surface area contributed by atoms with Crippen molar-refractivity contribution in [1.29, 1.82) is 0 Å². The summed E-state index contributed by atoms with van der Waals surface area (Å²) in [5.74, 6) is -0.887. The van der Waals surface area contributed by atoms with Gasteiger partial charge in [-0.05, 0) is 18.1 Å². The third-order valence-corrected chi connectivity index (χ3v) is 4.87. The smallest absolute Gasteiger partial charge is 0.338 e. The molecular weight excluding hydrogens is 256 g/mol. The Balaban J connectivity index is 2.70. The Morgan fingerprint density at radius 1 is 1.50 bits per heavy atom. The molecule has 1 N–H and O–H groups in total. The number of fused-ring (bicyclic) bond motifs is 1. The average Bonchev–Trinajstić information content (AvgIpc) is 2.57. The molecule has 18 heavy (non-hydrogen) atoms. The fourth-order valence-electron chi connectivity index (χ4n) is 2.15. The van der Waals surface area contributed by atoms with E-state index in [1.807, 2.05) is 6.92 Å². The maximum atomic E-state index is 11.8. The number of aryl methyl sites for hydroxylation is 1. The maximum Gasteiger partial charge on any atom is 0.338 e. The molecule has 1 heterocycles. The SMILES string of the molecule is CCc1cc2c(cc1C(=O)OC)S(=O)(=O)CC2O. The Morgan fingerprint density at radius 3 is 2.72 bits per heavy atom. The molecule has 1 aromatic rings. The Hall–Kier alpha value is -1.40. The van der Waals surface area contributed by atoms with E-state index in [4.69, 9.17) is 0 Å². The minimum Gasteiger partial charge on any atom is -0.465 e. The first-order chi connectivity index (χ1) is 8.40. The maximum absolute atomic E-state index is 11.8. The fraction of sp³-hybridized carbons (Fsp3) is 0.417. The number of hydrogen-bond acceptors (Lipinski definition) is 5. The van der Waals surface area contributed by atoms with E-state index in [1.54, 1.807) is 6.07 Å². The summed E-state index contributed by atoms with van der Waals surface area (Å²) in [6.45, 7) is 1.85. The second-order valence-corrected chi connectivity index (χ2v) is 6.19. The van der Waals surface area contributed by atoms with Gasteiger partial charge in [-0.3, -0.25) is 0 Å². The predicted octanol–water partition coefficient (Wildman–Crippen LogP) is 0.856. The predicted molar refractivity (Wildman–Crippen MR) is 64.2 cm³/mol. The molecule has 98 valence electrons. The van der Waals surface area contributed by atoms with Crippen LogP contribution in [-0.2, 0) is 21.0 Å². The number of benzene rings is 1. The second kappa shape index (κ2) is 4.37. The average molecular weight is 270 g/mol. The van der Waals surface area contributed by atoms with Crippen LogP contribution in [0.2, 0.25) is 0 Å². The highest BCUT2D eigenvalue weighted by molar-refractivity contribution is 7.91. The number of hydrogen-bond donors (Lipinski definition) is 1. The lowest BCUT2D eigenvalue weighted by Crippen LogP contribution is -2.08. The lowest BCUT2D eigenvalue weighted by Gasteiger charge is -2.09. The minimum absolute atomic E-state index is 0.0348. The van der Waals surface area contributed by atoms with Gasteiger partial charge in [-0.25, -0.2) is 13.2 Å². The van der Waals surface area contributed by atoms with Crippen molar-refractivity contribution in [1.82, 2.24) is 0 Å². The van der Waals surface area contributed by atoms with Gasteiger partial charge in [0.2, 0.25) is 0 Å². The zero-order valence-electron chi connectivity index (χ0n) is 10.1. The van der Waals surface area contributed by atoms with E-state index in [9.17, 15) is 18.3 Å². The molecule has 5 nitrogen and oxygen atoms in total. The van der Waals surface area contributed by atoms with Crippen LogP contribution < -0.4 is 0 Å². The molecule has 1 unspecified atom stereocenters. The van der Waals surface area contributed by atoms with E-state index in [0.29, 0.717) is 17.5 Å². The van der Waals surface area contributed by atoms with Gasteiger partial charge >= 0.3 is 5.97 Å². The van der Waals surface area contributed by atoms with Crippen molar-refractivity contribution >= 4 is 15.8 Å². The highest BCUT2D eigenvalue weighted by atomic mass is 32.2. The molecule has 0 saturated heterocycles. The first-order valence-electron chi connectivity index (χ1n) is 5.56. The topological polar surface area (TPSA) is 80.7 Å². The fourth-order valence-corrected chi connectivity index (χ4v) is 3.78. The van der Waals surface area contributed by atoms with Crippen LogP contribution in [0.4, 0.5) is 0 Å². The quantitative estimate of drug-likeness (QED) is 0.806. The lowest BCUT2D eigenvalue weighted by molar-refractivity contribution is 0.0599. The Morgan fingerprint density at radius 2 is 2.17 bits per heavy atom. The summed E-state index contributed by atoms with van der Waals surface area (Å²) in [5.41, 5.74) is 1.30. The Kier molecular flexibility index (Phi) is 3.16. The molecule has 1 atom stereocenters. The molecule has 0 saturated carbocycles. The molecule has 0 amide bonds. The number of carbonyl (C=O) groups is 1. The first kappa shape index (κ1) is 13.0. The van der Waals surface area contributed by atoms with Gasteiger partial charge in [-0.15, -0.1) is 0 Å².